The molecule has 17 heavy (non-hydrogen) atoms. The van der Waals surface area contributed by atoms with E-state index >= 15 is 0 Å². The second kappa shape index (κ2) is 5.38. The van der Waals surface area contributed by atoms with Crippen LogP contribution in [0.15, 0.2) is 0 Å². The zero-order chi connectivity index (χ0) is 12.4. The Labute approximate surface area is 104 Å². The summed E-state index contributed by atoms with van der Waals surface area (Å²) in [4.78, 5) is 11.8. The molecule has 0 aromatic rings. The maximum atomic E-state index is 11.8. The number of carbonyl (C=O) groups is 1. The van der Waals surface area contributed by atoms with Crippen LogP contribution in [0.4, 0.5) is 0 Å². The SMILES string of the molecule is COC(=O)C(CC(C)C)NC1CCCC2CC21. The Bertz CT molecular complexity index is 277. The molecule has 0 aliphatic heterocycles. The fourth-order valence-electron chi connectivity index (χ4n) is 3.22. The molecule has 0 radical (unpaired) electrons. The monoisotopic (exact) mass is 239 g/mol. The molecular formula is C14H25NO2. The van der Waals surface area contributed by atoms with E-state index in [1.165, 1.54) is 32.8 Å². The Morgan fingerprint density at radius 3 is 2.82 bits per heavy atom. The van der Waals surface area contributed by atoms with Crippen LogP contribution >= 0.6 is 0 Å². The van der Waals surface area contributed by atoms with E-state index in [0.29, 0.717) is 12.0 Å². The van der Waals surface area contributed by atoms with Gasteiger partial charge in [-0.2, -0.15) is 0 Å². The van der Waals surface area contributed by atoms with E-state index in [-0.39, 0.29) is 12.0 Å². The van der Waals surface area contributed by atoms with Crippen LogP contribution < -0.4 is 5.32 Å². The molecule has 1 N–H and O–H groups in total. The first-order valence-electron chi connectivity index (χ1n) is 6.95. The number of hydrogen-bond donors (Lipinski definition) is 1. The molecule has 0 bridgehead atoms. The summed E-state index contributed by atoms with van der Waals surface area (Å²) >= 11 is 0. The summed E-state index contributed by atoms with van der Waals surface area (Å²) in [5, 5.41) is 3.55. The topological polar surface area (TPSA) is 38.3 Å². The summed E-state index contributed by atoms with van der Waals surface area (Å²) in [5.74, 6) is 2.20. The molecule has 3 nitrogen and oxygen atoms in total. The van der Waals surface area contributed by atoms with Crippen LogP contribution in [0, 0.1) is 17.8 Å². The van der Waals surface area contributed by atoms with Crippen LogP contribution in [0.3, 0.4) is 0 Å². The highest BCUT2D eigenvalue weighted by Gasteiger charge is 2.46. The van der Waals surface area contributed by atoms with Crippen LogP contribution in [0.5, 0.6) is 0 Å². The molecule has 98 valence electrons. The largest absolute Gasteiger partial charge is 0.468 e. The third kappa shape index (κ3) is 3.21. The molecule has 0 spiro atoms. The van der Waals surface area contributed by atoms with Crippen molar-refractivity contribution in [3.63, 3.8) is 0 Å². The Hall–Kier alpha value is -0.570. The van der Waals surface area contributed by atoms with Gasteiger partial charge in [0.15, 0.2) is 0 Å². The molecule has 2 rings (SSSR count). The quantitative estimate of drug-likeness (QED) is 0.748. The smallest absolute Gasteiger partial charge is 0.322 e. The number of rotatable bonds is 5. The standard InChI is InChI=1S/C14H25NO2/c1-9(2)7-13(14(16)17-3)15-12-6-4-5-10-8-11(10)12/h9-13,15H,4-8H2,1-3H3. The van der Waals surface area contributed by atoms with E-state index in [0.717, 1.165) is 18.3 Å². The molecule has 0 aromatic heterocycles. The van der Waals surface area contributed by atoms with Crippen molar-refractivity contribution < 1.29 is 9.53 Å². The average Bonchev–Trinajstić information content (AvgIpc) is 3.06. The second-order valence-corrected chi connectivity index (χ2v) is 6.07. The first-order chi connectivity index (χ1) is 8.11. The van der Waals surface area contributed by atoms with Crippen LogP contribution in [-0.4, -0.2) is 25.2 Å². The normalized spacial score (nSPS) is 33.1. The minimum Gasteiger partial charge on any atom is -0.468 e. The van der Waals surface area contributed by atoms with E-state index in [2.05, 4.69) is 19.2 Å². The lowest BCUT2D eigenvalue weighted by Gasteiger charge is -2.28. The molecule has 3 heteroatoms. The van der Waals surface area contributed by atoms with E-state index < -0.39 is 0 Å². The first kappa shape index (κ1) is 12.9. The number of hydrogen-bond acceptors (Lipinski definition) is 3. The second-order valence-electron chi connectivity index (χ2n) is 6.07. The van der Waals surface area contributed by atoms with Gasteiger partial charge in [0.05, 0.1) is 7.11 Å². The summed E-state index contributed by atoms with van der Waals surface area (Å²) in [6.45, 7) is 4.30. The number of fused-ring (bicyclic) bond motifs is 1. The fourth-order valence-corrected chi connectivity index (χ4v) is 3.22. The predicted octanol–water partition coefficient (Wildman–Crippen LogP) is 2.35. The maximum Gasteiger partial charge on any atom is 0.322 e. The van der Waals surface area contributed by atoms with Crippen LogP contribution in [0.1, 0.15) is 46.0 Å². The minimum atomic E-state index is -0.107. The predicted molar refractivity (Wildman–Crippen MR) is 67.6 cm³/mol. The number of ether oxygens (including phenoxy) is 1. The maximum absolute atomic E-state index is 11.8. The Morgan fingerprint density at radius 2 is 2.18 bits per heavy atom. The van der Waals surface area contributed by atoms with Gasteiger partial charge in [0.2, 0.25) is 0 Å². The van der Waals surface area contributed by atoms with Gasteiger partial charge in [-0.25, -0.2) is 0 Å². The van der Waals surface area contributed by atoms with Gasteiger partial charge in [-0.3, -0.25) is 4.79 Å². The van der Waals surface area contributed by atoms with Crippen molar-refractivity contribution in [1.82, 2.24) is 5.32 Å². The molecule has 0 saturated heterocycles. The number of esters is 1. The molecule has 0 amide bonds. The lowest BCUT2D eigenvalue weighted by molar-refractivity contribution is -0.143. The molecular weight excluding hydrogens is 214 g/mol. The lowest BCUT2D eigenvalue weighted by atomic mass is 9.93. The van der Waals surface area contributed by atoms with E-state index in [4.69, 9.17) is 4.74 Å². The summed E-state index contributed by atoms with van der Waals surface area (Å²) in [5.41, 5.74) is 0. The molecule has 2 aliphatic rings. The molecule has 4 unspecified atom stereocenters. The summed E-state index contributed by atoms with van der Waals surface area (Å²) < 4.78 is 4.90. The van der Waals surface area contributed by atoms with Gasteiger partial charge in [0, 0.05) is 6.04 Å². The van der Waals surface area contributed by atoms with Crippen molar-refractivity contribution in [2.24, 2.45) is 17.8 Å². The van der Waals surface area contributed by atoms with Gasteiger partial charge in [0.1, 0.15) is 6.04 Å². The Kier molecular flexibility index (Phi) is 4.08. The Morgan fingerprint density at radius 1 is 1.41 bits per heavy atom. The van der Waals surface area contributed by atoms with Gasteiger partial charge in [0.25, 0.3) is 0 Å². The van der Waals surface area contributed by atoms with E-state index in [1.807, 2.05) is 0 Å². The van der Waals surface area contributed by atoms with Gasteiger partial charge >= 0.3 is 5.97 Å². The molecule has 2 saturated carbocycles. The van der Waals surface area contributed by atoms with Crippen molar-refractivity contribution in [2.45, 2.75) is 58.0 Å². The molecule has 0 aromatic carbocycles. The number of nitrogens with one attached hydrogen (secondary N) is 1. The van der Waals surface area contributed by atoms with E-state index in [9.17, 15) is 4.79 Å². The van der Waals surface area contributed by atoms with E-state index in [1.54, 1.807) is 0 Å². The number of methoxy groups -OCH3 is 1. The van der Waals surface area contributed by atoms with Crippen molar-refractivity contribution in [3.8, 4) is 0 Å². The molecule has 2 fully saturated rings. The highest BCUT2D eigenvalue weighted by atomic mass is 16.5. The average molecular weight is 239 g/mol. The zero-order valence-corrected chi connectivity index (χ0v) is 11.2. The molecule has 2 aliphatic carbocycles. The summed E-state index contributed by atoms with van der Waals surface area (Å²) in [6.07, 6.45) is 6.19. The molecule has 0 heterocycles. The lowest BCUT2D eigenvalue weighted by Crippen LogP contribution is -2.46. The zero-order valence-electron chi connectivity index (χ0n) is 11.2. The summed E-state index contributed by atoms with van der Waals surface area (Å²) in [6, 6.07) is 0.445. The summed E-state index contributed by atoms with van der Waals surface area (Å²) in [7, 11) is 1.48. The van der Waals surface area contributed by atoms with Gasteiger partial charge in [-0.05, 0) is 37.0 Å². The van der Waals surface area contributed by atoms with Crippen LogP contribution in [0.25, 0.3) is 0 Å². The fraction of sp³-hybridized carbons (Fsp3) is 0.929. The molecule has 4 atom stereocenters. The number of carbonyl (C=O) groups excluding carboxylic acids is 1. The first-order valence-corrected chi connectivity index (χ1v) is 6.95. The minimum absolute atomic E-state index is 0.0959. The van der Waals surface area contributed by atoms with Crippen molar-refractivity contribution in [3.05, 3.63) is 0 Å². The van der Waals surface area contributed by atoms with Crippen LogP contribution in [0.2, 0.25) is 0 Å². The van der Waals surface area contributed by atoms with Gasteiger partial charge in [-0.15, -0.1) is 0 Å². The third-order valence-corrected chi connectivity index (χ3v) is 4.19. The highest BCUT2D eigenvalue weighted by molar-refractivity contribution is 5.75. The van der Waals surface area contributed by atoms with Crippen molar-refractivity contribution in [1.29, 1.82) is 0 Å². The van der Waals surface area contributed by atoms with Crippen molar-refractivity contribution in [2.75, 3.05) is 7.11 Å². The third-order valence-electron chi connectivity index (χ3n) is 4.19. The highest BCUT2D eigenvalue weighted by Crippen LogP contribution is 2.49. The van der Waals surface area contributed by atoms with Gasteiger partial charge < -0.3 is 10.1 Å². The van der Waals surface area contributed by atoms with Crippen molar-refractivity contribution >= 4 is 5.97 Å². The van der Waals surface area contributed by atoms with Gasteiger partial charge in [-0.1, -0.05) is 26.7 Å². The van der Waals surface area contributed by atoms with Crippen LogP contribution in [-0.2, 0) is 9.53 Å². The Balaban J connectivity index is 1.89.